The zero-order valence-electron chi connectivity index (χ0n) is 6.27. The first-order valence-electron chi connectivity index (χ1n) is 3.28. The summed E-state index contributed by atoms with van der Waals surface area (Å²) in [5.74, 6) is -0.0399. The van der Waals surface area contributed by atoms with E-state index in [0.717, 1.165) is 0 Å². The van der Waals surface area contributed by atoms with Crippen LogP contribution in [0.1, 0.15) is 17.8 Å². The molecule has 0 amide bonds. The molecule has 1 N–H and O–H groups in total. The molecule has 1 aromatic rings. The maximum absolute atomic E-state index is 12.2. The van der Waals surface area contributed by atoms with E-state index in [2.05, 4.69) is 20.9 Å². The van der Waals surface area contributed by atoms with E-state index in [-0.39, 0.29) is 22.5 Å². The molecule has 6 heteroatoms. The molecule has 0 saturated carbocycles. The van der Waals surface area contributed by atoms with Gasteiger partial charge in [-0.3, -0.25) is 0 Å². The first kappa shape index (κ1) is 11.1. The summed E-state index contributed by atoms with van der Waals surface area (Å²) in [5.41, 5.74) is -0.0705. The van der Waals surface area contributed by atoms with E-state index in [1.54, 1.807) is 22.6 Å². The summed E-state index contributed by atoms with van der Waals surface area (Å²) < 4.78 is 24.9. The number of rotatable bonds is 2. The second-order valence-corrected chi connectivity index (χ2v) is 3.98. The van der Waals surface area contributed by atoms with Crippen LogP contribution >= 0.6 is 38.5 Å². The Bertz CT molecular complexity index is 322. The number of pyridine rings is 1. The molecule has 0 unspecified atom stereocenters. The van der Waals surface area contributed by atoms with Gasteiger partial charge in [-0.25, -0.2) is 13.8 Å². The Kier molecular flexibility index (Phi) is 3.84. The molecule has 0 spiro atoms. The highest BCUT2D eigenvalue weighted by Gasteiger charge is 2.14. The van der Waals surface area contributed by atoms with Crippen molar-refractivity contribution < 1.29 is 13.9 Å². The Morgan fingerprint density at radius 2 is 2.23 bits per heavy atom. The third kappa shape index (κ3) is 2.49. The molecular weight excluding hydrogens is 359 g/mol. The van der Waals surface area contributed by atoms with Crippen LogP contribution in [0.2, 0.25) is 0 Å². The number of aromatic hydroxyl groups is 1. The van der Waals surface area contributed by atoms with Gasteiger partial charge in [0.1, 0.15) is 5.69 Å². The lowest BCUT2D eigenvalue weighted by Gasteiger charge is -2.05. The van der Waals surface area contributed by atoms with Gasteiger partial charge in [-0.1, -0.05) is 15.9 Å². The molecule has 13 heavy (non-hydrogen) atoms. The Balaban J connectivity index is 3.22. The average Bonchev–Trinajstić information content (AvgIpc) is 2.09. The van der Waals surface area contributed by atoms with Gasteiger partial charge in [-0.2, -0.15) is 0 Å². The molecular formula is C7H5BrF2INO. The Hall–Kier alpha value is 0.0200. The number of alkyl halides is 3. The molecule has 1 rings (SSSR count). The number of aromatic nitrogens is 1. The van der Waals surface area contributed by atoms with Crippen molar-refractivity contribution in [2.75, 3.05) is 0 Å². The van der Waals surface area contributed by atoms with Crippen LogP contribution in [-0.4, -0.2) is 10.1 Å². The normalized spacial score (nSPS) is 10.8. The monoisotopic (exact) mass is 363 g/mol. The molecule has 2 nitrogen and oxygen atoms in total. The number of halogens is 4. The summed E-state index contributed by atoms with van der Waals surface area (Å²) in [5, 5.41) is 9.62. The zero-order chi connectivity index (χ0) is 10.0. The van der Waals surface area contributed by atoms with Crippen molar-refractivity contribution in [2.24, 2.45) is 0 Å². The SMILES string of the molecule is Oc1c(I)cc(C(F)F)nc1CBr. The molecule has 0 aromatic carbocycles. The molecule has 1 heterocycles. The quantitative estimate of drug-likeness (QED) is 0.646. The van der Waals surface area contributed by atoms with Crippen LogP contribution in [-0.2, 0) is 5.33 Å². The van der Waals surface area contributed by atoms with E-state index >= 15 is 0 Å². The zero-order valence-corrected chi connectivity index (χ0v) is 10.0. The minimum absolute atomic E-state index is 0.0399. The first-order valence-corrected chi connectivity index (χ1v) is 5.48. The van der Waals surface area contributed by atoms with E-state index in [0.29, 0.717) is 3.57 Å². The van der Waals surface area contributed by atoms with Crippen LogP contribution in [0.15, 0.2) is 6.07 Å². The van der Waals surface area contributed by atoms with Crippen molar-refractivity contribution in [1.29, 1.82) is 0 Å². The Labute approximate surface area is 95.6 Å². The lowest BCUT2D eigenvalue weighted by molar-refractivity contribution is 0.145. The summed E-state index contributed by atoms with van der Waals surface area (Å²) >= 11 is 4.84. The van der Waals surface area contributed by atoms with Gasteiger partial charge in [-0.05, 0) is 28.7 Å². The molecule has 0 aliphatic rings. The highest BCUT2D eigenvalue weighted by Crippen LogP contribution is 2.28. The van der Waals surface area contributed by atoms with Crippen LogP contribution in [0.4, 0.5) is 8.78 Å². The summed E-state index contributed by atoms with van der Waals surface area (Å²) in [6.45, 7) is 0. The third-order valence-electron chi connectivity index (χ3n) is 1.39. The van der Waals surface area contributed by atoms with Crippen molar-refractivity contribution in [3.8, 4) is 5.75 Å². The Morgan fingerprint density at radius 1 is 1.62 bits per heavy atom. The molecule has 0 atom stereocenters. The third-order valence-corrected chi connectivity index (χ3v) is 2.74. The highest BCUT2D eigenvalue weighted by atomic mass is 127. The topological polar surface area (TPSA) is 33.1 Å². The van der Waals surface area contributed by atoms with E-state index in [4.69, 9.17) is 0 Å². The second-order valence-electron chi connectivity index (χ2n) is 2.26. The second kappa shape index (κ2) is 4.50. The van der Waals surface area contributed by atoms with Gasteiger partial charge < -0.3 is 5.11 Å². The van der Waals surface area contributed by atoms with E-state index in [1.807, 2.05) is 0 Å². The van der Waals surface area contributed by atoms with Crippen LogP contribution in [0.5, 0.6) is 5.75 Å². The van der Waals surface area contributed by atoms with Crippen LogP contribution < -0.4 is 0 Å². The van der Waals surface area contributed by atoms with Crippen LogP contribution in [0.3, 0.4) is 0 Å². The van der Waals surface area contributed by atoms with Crippen molar-refractivity contribution in [3.63, 3.8) is 0 Å². The Morgan fingerprint density at radius 3 is 2.69 bits per heavy atom. The fourth-order valence-electron chi connectivity index (χ4n) is 0.782. The van der Waals surface area contributed by atoms with Gasteiger partial charge in [0.2, 0.25) is 0 Å². The van der Waals surface area contributed by atoms with Crippen molar-refractivity contribution in [1.82, 2.24) is 4.98 Å². The standard InChI is InChI=1S/C7H5BrF2INO/c8-2-5-6(13)3(11)1-4(12-5)7(9)10/h1,7,13H,2H2. The van der Waals surface area contributed by atoms with Gasteiger partial charge in [0.15, 0.2) is 5.75 Å². The predicted molar refractivity (Wildman–Crippen MR) is 56.2 cm³/mol. The first-order chi connectivity index (χ1) is 6.06. The van der Waals surface area contributed by atoms with Crippen LogP contribution in [0, 0.1) is 3.57 Å². The molecule has 0 fully saturated rings. The van der Waals surface area contributed by atoms with Gasteiger partial charge >= 0.3 is 0 Å². The van der Waals surface area contributed by atoms with Crippen LogP contribution in [0.25, 0.3) is 0 Å². The molecule has 0 aliphatic heterocycles. The van der Waals surface area contributed by atoms with Gasteiger partial charge in [-0.15, -0.1) is 0 Å². The van der Waals surface area contributed by atoms with Crippen molar-refractivity contribution in [2.45, 2.75) is 11.8 Å². The lowest BCUT2D eigenvalue weighted by Crippen LogP contribution is -1.96. The molecule has 0 saturated heterocycles. The van der Waals surface area contributed by atoms with Crippen molar-refractivity contribution >= 4 is 38.5 Å². The summed E-state index contributed by atoms with van der Waals surface area (Å²) in [6, 6.07) is 1.17. The fourth-order valence-corrected chi connectivity index (χ4v) is 1.80. The molecule has 0 radical (unpaired) electrons. The minimum Gasteiger partial charge on any atom is -0.505 e. The number of nitrogens with zero attached hydrogens (tertiary/aromatic N) is 1. The predicted octanol–water partition coefficient (Wildman–Crippen LogP) is 3.22. The summed E-state index contributed by atoms with van der Waals surface area (Å²) in [6.07, 6.45) is -2.60. The van der Waals surface area contributed by atoms with Gasteiger partial charge in [0.05, 0.1) is 9.26 Å². The molecule has 0 aliphatic carbocycles. The average molecular weight is 364 g/mol. The smallest absolute Gasteiger partial charge is 0.280 e. The summed E-state index contributed by atoms with van der Waals surface area (Å²) in [7, 11) is 0. The maximum atomic E-state index is 12.2. The maximum Gasteiger partial charge on any atom is 0.280 e. The summed E-state index contributed by atoms with van der Waals surface area (Å²) in [4.78, 5) is 3.60. The van der Waals surface area contributed by atoms with Crippen molar-refractivity contribution in [3.05, 3.63) is 21.0 Å². The molecule has 72 valence electrons. The number of hydrogen-bond donors (Lipinski definition) is 1. The van der Waals surface area contributed by atoms with E-state index in [9.17, 15) is 13.9 Å². The fraction of sp³-hybridized carbons (Fsp3) is 0.286. The minimum atomic E-state index is -2.60. The lowest BCUT2D eigenvalue weighted by atomic mass is 10.3. The highest BCUT2D eigenvalue weighted by molar-refractivity contribution is 14.1. The van der Waals surface area contributed by atoms with Gasteiger partial charge in [0.25, 0.3) is 6.43 Å². The number of hydrogen-bond acceptors (Lipinski definition) is 2. The largest absolute Gasteiger partial charge is 0.505 e. The van der Waals surface area contributed by atoms with Gasteiger partial charge in [0, 0.05) is 5.33 Å². The molecule has 0 bridgehead atoms. The van der Waals surface area contributed by atoms with E-state index < -0.39 is 6.43 Å². The molecule has 1 aromatic heterocycles. The van der Waals surface area contributed by atoms with E-state index in [1.165, 1.54) is 6.07 Å².